The first-order valence-corrected chi connectivity index (χ1v) is 9.09. The molecule has 2 aliphatic rings. The van der Waals surface area contributed by atoms with Crippen LogP contribution >= 0.6 is 0 Å². The van der Waals surface area contributed by atoms with Crippen LogP contribution < -0.4 is 4.90 Å². The minimum Gasteiger partial charge on any atom is -0.309 e. The summed E-state index contributed by atoms with van der Waals surface area (Å²) in [7, 11) is 2.06. The van der Waals surface area contributed by atoms with E-state index in [9.17, 15) is 9.18 Å². The third-order valence-corrected chi connectivity index (χ3v) is 5.73. The fourth-order valence-electron chi connectivity index (χ4n) is 4.17. The van der Waals surface area contributed by atoms with Crippen LogP contribution in [0.15, 0.2) is 54.6 Å². The highest BCUT2D eigenvalue weighted by atomic mass is 19.1. The lowest BCUT2D eigenvalue weighted by Crippen LogP contribution is -2.64. The minimum absolute atomic E-state index is 0.0240. The van der Waals surface area contributed by atoms with Gasteiger partial charge in [0.05, 0.1) is 12.1 Å². The number of carbonyl (C=O) groups is 1. The standard InChI is InChI=1S/C21H24FN3O/c1-23-14-20(26)25(19-5-3-2-4-6-19)16-21(23)11-12-24(15-21)13-17-7-9-18(22)10-8-17/h2-10H,11-16H2,1H3/t21-/m0/s1. The van der Waals surface area contributed by atoms with Gasteiger partial charge in [0.25, 0.3) is 0 Å². The van der Waals surface area contributed by atoms with Gasteiger partial charge in [-0.05, 0) is 43.3 Å². The number of likely N-dealkylation sites (N-methyl/N-ethyl adjacent to an activating group) is 1. The predicted molar refractivity (Wildman–Crippen MR) is 100 cm³/mol. The lowest BCUT2D eigenvalue weighted by Gasteiger charge is -2.47. The number of hydrogen-bond donors (Lipinski definition) is 0. The van der Waals surface area contributed by atoms with Gasteiger partial charge in [0, 0.05) is 31.9 Å². The highest BCUT2D eigenvalue weighted by Crippen LogP contribution is 2.33. The molecule has 0 aromatic heterocycles. The maximum absolute atomic E-state index is 13.1. The van der Waals surface area contributed by atoms with Crippen LogP contribution in [0.1, 0.15) is 12.0 Å². The van der Waals surface area contributed by atoms with Crippen molar-refractivity contribution in [1.29, 1.82) is 0 Å². The Morgan fingerprint density at radius 2 is 1.77 bits per heavy atom. The summed E-state index contributed by atoms with van der Waals surface area (Å²) in [5.41, 5.74) is 2.07. The SMILES string of the molecule is CN1CC(=O)N(c2ccccc2)C[C@@]12CCN(Cc1ccc(F)cc1)C2. The average molecular weight is 353 g/mol. The van der Waals surface area contributed by atoms with Gasteiger partial charge in [0.2, 0.25) is 5.91 Å². The number of piperazine rings is 1. The second-order valence-corrected chi connectivity index (χ2v) is 7.48. The van der Waals surface area contributed by atoms with Gasteiger partial charge in [-0.2, -0.15) is 0 Å². The second kappa shape index (κ2) is 6.82. The van der Waals surface area contributed by atoms with Gasteiger partial charge in [-0.1, -0.05) is 30.3 Å². The maximum atomic E-state index is 13.1. The summed E-state index contributed by atoms with van der Waals surface area (Å²) >= 11 is 0. The summed E-state index contributed by atoms with van der Waals surface area (Å²) in [6, 6.07) is 16.7. The molecule has 0 radical (unpaired) electrons. The first kappa shape index (κ1) is 17.2. The van der Waals surface area contributed by atoms with Gasteiger partial charge in [-0.25, -0.2) is 4.39 Å². The van der Waals surface area contributed by atoms with Crippen LogP contribution in [0.25, 0.3) is 0 Å². The van der Waals surface area contributed by atoms with E-state index in [4.69, 9.17) is 0 Å². The number of hydrogen-bond acceptors (Lipinski definition) is 3. The zero-order valence-electron chi connectivity index (χ0n) is 15.1. The molecular weight excluding hydrogens is 329 g/mol. The largest absolute Gasteiger partial charge is 0.309 e. The molecule has 2 fully saturated rings. The Hall–Kier alpha value is -2.24. The van der Waals surface area contributed by atoms with Crippen molar-refractivity contribution in [2.45, 2.75) is 18.5 Å². The highest BCUT2D eigenvalue weighted by molar-refractivity contribution is 5.96. The van der Waals surface area contributed by atoms with Crippen molar-refractivity contribution in [3.05, 3.63) is 66.0 Å². The normalized spacial score (nSPS) is 24.5. The van der Waals surface area contributed by atoms with Crippen molar-refractivity contribution in [3.8, 4) is 0 Å². The number of carbonyl (C=O) groups excluding carboxylic acids is 1. The number of anilines is 1. The van der Waals surface area contributed by atoms with Crippen molar-refractivity contribution in [2.75, 3.05) is 38.1 Å². The molecule has 1 atom stereocenters. The zero-order valence-corrected chi connectivity index (χ0v) is 15.1. The van der Waals surface area contributed by atoms with Crippen molar-refractivity contribution < 1.29 is 9.18 Å². The van der Waals surface area contributed by atoms with E-state index < -0.39 is 0 Å². The quantitative estimate of drug-likeness (QED) is 0.849. The molecule has 4 nitrogen and oxygen atoms in total. The van der Waals surface area contributed by atoms with Crippen molar-refractivity contribution in [1.82, 2.24) is 9.80 Å². The van der Waals surface area contributed by atoms with E-state index in [1.807, 2.05) is 47.4 Å². The number of halogens is 1. The van der Waals surface area contributed by atoms with Gasteiger partial charge in [-0.15, -0.1) is 0 Å². The van der Waals surface area contributed by atoms with Crippen LogP contribution in [0.3, 0.4) is 0 Å². The Bertz CT molecular complexity index is 780. The molecular formula is C21H24FN3O. The third-order valence-electron chi connectivity index (χ3n) is 5.73. The molecule has 0 bridgehead atoms. The summed E-state index contributed by atoms with van der Waals surface area (Å²) in [5.74, 6) is -0.0445. The maximum Gasteiger partial charge on any atom is 0.241 e. The Balaban J connectivity index is 1.50. The summed E-state index contributed by atoms with van der Waals surface area (Å²) in [6.07, 6.45) is 1.03. The van der Waals surface area contributed by atoms with E-state index in [2.05, 4.69) is 16.8 Å². The summed E-state index contributed by atoms with van der Waals surface area (Å²) in [5, 5.41) is 0. The first-order chi connectivity index (χ1) is 12.6. The fraction of sp³-hybridized carbons (Fsp3) is 0.381. The van der Waals surface area contributed by atoms with Crippen molar-refractivity contribution in [3.63, 3.8) is 0 Å². The van der Waals surface area contributed by atoms with E-state index in [-0.39, 0.29) is 17.3 Å². The molecule has 1 amide bonds. The van der Waals surface area contributed by atoms with Gasteiger partial charge in [0.1, 0.15) is 5.82 Å². The van der Waals surface area contributed by atoms with E-state index in [0.29, 0.717) is 13.1 Å². The number of nitrogens with zero attached hydrogens (tertiary/aromatic N) is 3. The number of amides is 1. The number of benzene rings is 2. The summed E-state index contributed by atoms with van der Waals surface area (Å²) in [4.78, 5) is 19.1. The number of rotatable bonds is 3. The highest BCUT2D eigenvalue weighted by Gasteiger charge is 2.47. The Kier molecular flexibility index (Phi) is 4.51. The number of likely N-dealkylation sites (tertiary alicyclic amines) is 1. The smallest absolute Gasteiger partial charge is 0.241 e. The zero-order chi connectivity index (χ0) is 18.1. The molecule has 5 heteroatoms. The second-order valence-electron chi connectivity index (χ2n) is 7.48. The van der Waals surface area contributed by atoms with Crippen molar-refractivity contribution >= 4 is 11.6 Å². The van der Waals surface area contributed by atoms with Gasteiger partial charge in [0.15, 0.2) is 0 Å². The molecule has 1 spiro atoms. The van der Waals surface area contributed by atoms with Gasteiger partial charge >= 0.3 is 0 Å². The molecule has 136 valence electrons. The molecule has 2 aromatic carbocycles. The molecule has 0 aliphatic carbocycles. The molecule has 4 rings (SSSR count). The van der Waals surface area contributed by atoms with E-state index >= 15 is 0 Å². The van der Waals surface area contributed by atoms with E-state index in [0.717, 1.165) is 37.3 Å². The van der Waals surface area contributed by atoms with Gasteiger partial charge < -0.3 is 4.90 Å². The number of para-hydroxylation sites is 1. The van der Waals surface area contributed by atoms with Crippen LogP contribution in [-0.4, -0.2) is 54.5 Å². The summed E-state index contributed by atoms with van der Waals surface area (Å²) in [6.45, 7) is 3.87. The van der Waals surface area contributed by atoms with E-state index in [1.54, 1.807) is 0 Å². The molecule has 0 saturated carbocycles. The third kappa shape index (κ3) is 3.24. The lowest BCUT2D eigenvalue weighted by molar-refractivity contribution is -0.123. The molecule has 2 aliphatic heterocycles. The van der Waals surface area contributed by atoms with Crippen LogP contribution in [0.5, 0.6) is 0 Å². The Morgan fingerprint density at radius 1 is 1.04 bits per heavy atom. The Labute approximate surface area is 153 Å². The predicted octanol–water partition coefficient (Wildman–Crippen LogP) is 2.75. The van der Waals surface area contributed by atoms with Crippen LogP contribution in [0.2, 0.25) is 0 Å². The van der Waals surface area contributed by atoms with E-state index in [1.165, 1.54) is 12.1 Å². The van der Waals surface area contributed by atoms with Gasteiger partial charge in [-0.3, -0.25) is 14.6 Å². The topological polar surface area (TPSA) is 26.8 Å². The Morgan fingerprint density at radius 3 is 2.50 bits per heavy atom. The molecule has 0 unspecified atom stereocenters. The minimum atomic E-state index is -0.198. The van der Waals surface area contributed by atoms with Crippen LogP contribution in [0, 0.1) is 5.82 Å². The molecule has 26 heavy (non-hydrogen) atoms. The monoisotopic (exact) mass is 353 g/mol. The summed E-state index contributed by atoms with van der Waals surface area (Å²) < 4.78 is 13.1. The van der Waals surface area contributed by atoms with Crippen LogP contribution in [-0.2, 0) is 11.3 Å². The molecule has 0 N–H and O–H groups in total. The molecule has 2 heterocycles. The molecule has 2 saturated heterocycles. The lowest BCUT2D eigenvalue weighted by atomic mass is 9.92. The van der Waals surface area contributed by atoms with Crippen molar-refractivity contribution in [2.24, 2.45) is 0 Å². The first-order valence-electron chi connectivity index (χ1n) is 9.09. The average Bonchev–Trinajstić information content (AvgIpc) is 3.05. The van der Waals surface area contributed by atoms with Crippen LogP contribution in [0.4, 0.5) is 10.1 Å². The fourth-order valence-corrected chi connectivity index (χ4v) is 4.17. The molecule has 2 aromatic rings.